The summed E-state index contributed by atoms with van der Waals surface area (Å²) in [5.41, 5.74) is 0.419. The summed E-state index contributed by atoms with van der Waals surface area (Å²) in [5.74, 6) is 1.28. The lowest BCUT2D eigenvalue weighted by Gasteiger charge is -2.18. The number of rotatable bonds is 11. The number of hydrogen-bond donors (Lipinski definition) is 0. The largest absolute Gasteiger partial charge is 0.492 e. The van der Waals surface area contributed by atoms with Gasteiger partial charge in [0.25, 0.3) is 15.8 Å². The van der Waals surface area contributed by atoms with Crippen LogP contribution in [0.5, 0.6) is 11.5 Å². The van der Waals surface area contributed by atoms with Gasteiger partial charge in [-0.2, -0.15) is 8.42 Å². The number of hydrogen-bond acceptors (Lipinski definition) is 7. The van der Waals surface area contributed by atoms with E-state index in [-0.39, 0.29) is 17.2 Å². The van der Waals surface area contributed by atoms with Gasteiger partial charge in [-0.25, -0.2) is 0 Å². The quantitative estimate of drug-likeness (QED) is 0.0999. The van der Waals surface area contributed by atoms with Gasteiger partial charge in [0.1, 0.15) is 11.5 Å². The van der Waals surface area contributed by atoms with Gasteiger partial charge in [-0.05, 0) is 48.7 Å². The van der Waals surface area contributed by atoms with Crippen molar-refractivity contribution in [3.8, 4) is 11.5 Å². The van der Waals surface area contributed by atoms with Crippen molar-refractivity contribution in [3.05, 3.63) is 82.4 Å². The van der Waals surface area contributed by atoms with Crippen molar-refractivity contribution >= 4 is 37.4 Å². The highest BCUT2D eigenvalue weighted by molar-refractivity contribution is 7.86. The zero-order chi connectivity index (χ0) is 25.7. The number of ether oxygens (including phenoxy) is 2. The molecule has 0 fully saturated rings. The molecule has 0 amide bonds. The van der Waals surface area contributed by atoms with Crippen molar-refractivity contribution in [3.63, 3.8) is 0 Å². The number of nitro groups is 1. The van der Waals surface area contributed by atoms with E-state index < -0.39 is 15.0 Å². The van der Waals surface area contributed by atoms with Crippen LogP contribution in [-0.4, -0.2) is 26.6 Å². The van der Waals surface area contributed by atoms with Gasteiger partial charge in [-0.3, -0.25) is 14.3 Å². The first-order chi connectivity index (χ1) is 17.4. The summed E-state index contributed by atoms with van der Waals surface area (Å²) in [6, 6.07) is 18.0. The zero-order valence-electron chi connectivity index (χ0n) is 20.1. The molecule has 188 valence electrons. The van der Waals surface area contributed by atoms with E-state index in [1.807, 2.05) is 38.1 Å². The molecule has 4 aromatic rings. The molecule has 0 atom stereocenters. The van der Waals surface area contributed by atoms with Crippen molar-refractivity contribution in [2.24, 2.45) is 0 Å². The smallest absolute Gasteiger partial charge is 0.297 e. The SMILES string of the molecule is CCCOc1c2ccccc2c(OCCC)c2cc(S(=O)(=O)OCc3ccc([N+](=O)[O-])cc3)ccc12. The Morgan fingerprint density at radius 1 is 0.778 bits per heavy atom. The van der Waals surface area contributed by atoms with E-state index in [4.69, 9.17) is 13.7 Å². The van der Waals surface area contributed by atoms with Crippen molar-refractivity contribution in [2.75, 3.05) is 13.2 Å². The molecule has 8 nitrogen and oxygen atoms in total. The molecular formula is C27H27NO7S. The molecular weight excluding hydrogens is 482 g/mol. The highest BCUT2D eigenvalue weighted by Crippen LogP contribution is 2.43. The molecule has 0 N–H and O–H groups in total. The Bertz CT molecular complexity index is 1500. The predicted molar refractivity (Wildman–Crippen MR) is 138 cm³/mol. The van der Waals surface area contributed by atoms with Crippen LogP contribution in [0.15, 0.2) is 71.6 Å². The van der Waals surface area contributed by atoms with Crippen LogP contribution in [0, 0.1) is 10.1 Å². The van der Waals surface area contributed by atoms with E-state index in [0.717, 1.165) is 29.0 Å². The Balaban J connectivity index is 1.76. The van der Waals surface area contributed by atoms with Gasteiger partial charge >= 0.3 is 0 Å². The lowest BCUT2D eigenvalue weighted by Crippen LogP contribution is -2.07. The molecule has 0 aliphatic rings. The van der Waals surface area contributed by atoms with Crippen molar-refractivity contribution in [2.45, 2.75) is 38.2 Å². The molecule has 0 saturated carbocycles. The van der Waals surface area contributed by atoms with Crippen molar-refractivity contribution < 1.29 is 27.0 Å². The van der Waals surface area contributed by atoms with Crippen LogP contribution in [0.2, 0.25) is 0 Å². The van der Waals surface area contributed by atoms with Crippen LogP contribution >= 0.6 is 0 Å². The van der Waals surface area contributed by atoms with Gasteiger partial charge in [0.15, 0.2) is 0 Å². The minimum Gasteiger partial charge on any atom is -0.492 e. The van der Waals surface area contributed by atoms with E-state index in [2.05, 4.69) is 0 Å². The summed E-state index contributed by atoms with van der Waals surface area (Å²) in [6.07, 6.45) is 1.62. The topological polar surface area (TPSA) is 105 Å². The minimum absolute atomic E-state index is 0.0185. The highest BCUT2D eigenvalue weighted by Gasteiger charge is 2.21. The third-order valence-corrected chi connectivity index (χ3v) is 6.87. The van der Waals surface area contributed by atoms with Crippen LogP contribution in [-0.2, 0) is 20.9 Å². The summed E-state index contributed by atoms with van der Waals surface area (Å²) < 4.78 is 43.7. The molecule has 0 unspecified atom stereocenters. The molecule has 9 heteroatoms. The monoisotopic (exact) mass is 509 g/mol. The molecule has 0 aromatic heterocycles. The fourth-order valence-corrected chi connectivity index (χ4v) is 4.81. The molecule has 0 spiro atoms. The van der Waals surface area contributed by atoms with Crippen LogP contribution in [0.25, 0.3) is 21.5 Å². The number of nitro benzene ring substituents is 1. The average Bonchev–Trinajstić information content (AvgIpc) is 2.89. The van der Waals surface area contributed by atoms with Gasteiger partial charge in [0.05, 0.1) is 29.6 Å². The standard InChI is InChI=1S/C27H27NO7S/c1-3-15-33-26-22-7-5-6-8-23(22)27(34-16-4-2)25-17-21(13-14-24(25)26)36(31,32)35-18-19-9-11-20(12-10-19)28(29)30/h5-14,17H,3-4,15-16,18H2,1-2H3. The second kappa shape index (κ2) is 10.9. The lowest BCUT2D eigenvalue weighted by molar-refractivity contribution is -0.384. The molecule has 0 bridgehead atoms. The minimum atomic E-state index is -4.13. The Labute approximate surface area is 209 Å². The van der Waals surface area contributed by atoms with Gasteiger partial charge in [0, 0.05) is 33.7 Å². The second-order valence-electron chi connectivity index (χ2n) is 8.25. The fraction of sp³-hybridized carbons (Fsp3) is 0.259. The van der Waals surface area contributed by atoms with Crippen molar-refractivity contribution in [1.82, 2.24) is 0 Å². The molecule has 0 aliphatic carbocycles. The van der Waals surface area contributed by atoms with E-state index >= 15 is 0 Å². The Morgan fingerprint density at radius 3 is 1.89 bits per heavy atom. The molecule has 0 saturated heterocycles. The maximum Gasteiger partial charge on any atom is 0.297 e. The Morgan fingerprint density at radius 2 is 1.33 bits per heavy atom. The highest BCUT2D eigenvalue weighted by atomic mass is 32.2. The first kappa shape index (κ1) is 25.4. The fourth-order valence-electron chi connectivity index (χ4n) is 3.88. The Hall–Kier alpha value is -3.69. The number of fused-ring (bicyclic) bond motifs is 2. The van der Waals surface area contributed by atoms with E-state index in [1.165, 1.54) is 30.3 Å². The number of benzene rings is 4. The molecule has 0 aliphatic heterocycles. The first-order valence-electron chi connectivity index (χ1n) is 11.7. The van der Waals surface area contributed by atoms with Crippen LogP contribution < -0.4 is 9.47 Å². The lowest BCUT2D eigenvalue weighted by atomic mass is 10.0. The third kappa shape index (κ3) is 5.27. The van der Waals surface area contributed by atoms with Crippen LogP contribution in [0.4, 0.5) is 5.69 Å². The zero-order valence-corrected chi connectivity index (χ0v) is 20.9. The van der Waals surface area contributed by atoms with E-state index in [9.17, 15) is 18.5 Å². The summed E-state index contributed by atoms with van der Waals surface area (Å²) in [6.45, 7) is 4.77. The molecule has 0 radical (unpaired) electrons. The van der Waals surface area contributed by atoms with Gasteiger partial charge < -0.3 is 9.47 Å². The molecule has 36 heavy (non-hydrogen) atoms. The molecule has 0 heterocycles. The van der Waals surface area contributed by atoms with E-state index in [0.29, 0.717) is 35.7 Å². The van der Waals surface area contributed by atoms with Gasteiger partial charge in [-0.15, -0.1) is 0 Å². The third-order valence-electron chi connectivity index (χ3n) is 5.61. The van der Waals surface area contributed by atoms with Crippen LogP contribution in [0.1, 0.15) is 32.3 Å². The van der Waals surface area contributed by atoms with E-state index in [1.54, 1.807) is 12.1 Å². The molecule has 4 rings (SSSR count). The number of nitrogens with zero attached hydrogens (tertiary/aromatic N) is 1. The second-order valence-corrected chi connectivity index (χ2v) is 9.86. The summed E-state index contributed by atoms with van der Waals surface area (Å²) in [5, 5.41) is 13.9. The normalized spacial score (nSPS) is 11.6. The van der Waals surface area contributed by atoms with Crippen LogP contribution in [0.3, 0.4) is 0 Å². The first-order valence-corrected chi connectivity index (χ1v) is 13.1. The van der Waals surface area contributed by atoms with Gasteiger partial charge in [-0.1, -0.05) is 38.1 Å². The van der Waals surface area contributed by atoms with Crippen molar-refractivity contribution in [1.29, 1.82) is 0 Å². The molecule has 4 aromatic carbocycles. The average molecular weight is 510 g/mol. The summed E-state index contributed by atoms with van der Waals surface area (Å²) in [4.78, 5) is 10.3. The summed E-state index contributed by atoms with van der Waals surface area (Å²) in [7, 11) is -4.13. The summed E-state index contributed by atoms with van der Waals surface area (Å²) >= 11 is 0. The van der Waals surface area contributed by atoms with Gasteiger partial charge in [0.2, 0.25) is 0 Å². The maximum absolute atomic E-state index is 13.1. The number of non-ortho nitro benzene ring substituents is 1. The maximum atomic E-state index is 13.1. The predicted octanol–water partition coefficient (Wildman–Crippen LogP) is 6.38. The Kier molecular flexibility index (Phi) is 7.71.